The van der Waals surface area contributed by atoms with Crippen LogP contribution >= 0.6 is 11.6 Å². The minimum atomic E-state index is -0.510. The van der Waals surface area contributed by atoms with Crippen LogP contribution in [0.2, 0.25) is 5.02 Å². The fourth-order valence-corrected chi connectivity index (χ4v) is 4.71. The number of aromatic nitrogens is 3. The number of carbonyl (C=O) groups is 2. The van der Waals surface area contributed by atoms with E-state index in [4.69, 9.17) is 16.3 Å². The van der Waals surface area contributed by atoms with Crippen LogP contribution in [0.1, 0.15) is 26.3 Å². The zero-order valence-electron chi connectivity index (χ0n) is 20.2. The summed E-state index contributed by atoms with van der Waals surface area (Å²) in [5.41, 5.74) is 4.46. The number of hydrogen-bond donors (Lipinski definition) is 0. The van der Waals surface area contributed by atoms with Crippen molar-refractivity contribution in [3.63, 3.8) is 0 Å². The molecule has 0 unspecified atom stereocenters. The number of methoxy groups -OCH3 is 1. The van der Waals surface area contributed by atoms with Crippen LogP contribution in [0.25, 0.3) is 39.2 Å². The molecule has 0 aliphatic rings. The lowest BCUT2D eigenvalue weighted by molar-refractivity contribution is 0.111. The lowest BCUT2D eigenvalue weighted by atomic mass is 9.92. The Bertz CT molecular complexity index is 1820. The first-order chi connectivity index (χ1) is 18.4. The standard InChI is InChI=1S/C29H19ClFN3O4/c1-16-21(17-8-9-34-26(10-17)32-13-19(15-36)29(34)37)4-3-5-22(16)23-11-20(31)12-24(27(23)30)25-7-6-18(14-35)28(33-25)38-2/h3-15H,1-2H3. The first-order valence-electron chi connectivity index (χ1n) is 11.4. The number of hydrogen-bond acceptors (Lipinski definition) is 6. The number of nitrogens with zero attached hydrogens (tertiary/aromatic N) is 3. The van der Waals surface area contributed by atoms with Crippen molar-refractivity contribution in [1.29, 1.82) is 0 Å². The highest BCUT2D eigenvalue weighted by atomic mass is 35.5. The summed E-state index contributed by atoms with van der Waals surface area (Å²) in [4.78, 5) is 43.3. The molecule has 5 rings (SSSR count). The molecule has 3 aromatic heterocycles. The zero-order valence-corrected chi connectivity index (χ0v) is 21.0. The molecule has 38 heavy (non-hydrogen) atoms. The molecule has 188 valence electrons. The van der Waals surface area contributed by atoms with Gasteiger partial charge in [-0.15, -0.1) is 0 Å². The second kappa shape index (κ2) is 9.99. The summed E-state index contributed by atoms with van der Waals surface area (Å²) < 4.78 is 21.4. The van der Waals surface area contributed by atoms with Gasteiger partial charge in [0, 0.05) is 23.5 Å². The number of benzene rings is 2. The molecule has 0 aliphatic heterocycles. The van der Waals surface area contributed by atoms with Crippen molar-refractivity contribution in [1.82, 2.24) is 14.4 Å². The SMILES string of the molecule is COc1nc(-c2cc(F)cc(-c3cccc(-c4ccn5c(=O)c(C=O)cnc5c4)c3C)c2Cl)ccc1C=O. The molecule has 0 N–H and O–H groups in total. The van der Waals surface area contributed by atoms with Crippen molar-refractivity contribution >= 4 is 29.8 Å². The van der Waals surface area contributed by atoms with E-state index in [1.165, 1.54) is 35.9 Å². The maximum absolute atomic E-state index is 14.9. The lowest BCUT2D eigenvalue weighted by Crippen LogP contribution is -2.18. The quantitative estimate of drug-likeness (QED) is 0.258. The highest BCUT2D eigenvalue weighted by Gasteiger charge is 2.18. The van der Waals surface area contributed by atoms with Crippen molar-refractivity contribution in [2.75, 3.05) is 7.11 Å². The van der Waals surface area contributed by atoms with Gasteiger partial charge in [-0.2, -0.15) is 0 Å². The highest BCUT2D eigenvalue weighted by Crippen LogP contribution is 2.40. The van der Waals surface area contributed by atoms with Crippen LogP contribution in [-0.2, 0) is 0 Å². The van der Waals surface area contributed by atoms with Gasteiger partial charge in [0.1, 0.15) is 11.5 Å². The molecule has 9 heteroatoms. The first-order valence-corrected chi connectivity index (χ1v) is 11.8. The van der Waals surface area contributed by atoms with Crippen LogP contribution in [0.15, 0.2) is 71.8 Å². The van der Waals surface area contributed by atoms with Crippen molar-refractivity contribution in [3.8, 4) is 39.4 Å². The van der Waals surface area contributed by atoms with Crippen LogP contribution in [0.3, 0.4) is 0 Å². The van der Waals surface area contributed by atoms with E-state index in [2.05, 4.69) is 9.97 Å². The summed E-state index contributed by atoms with van der Waals surface area (Å²) in [5, 5.41) is 0.285. The molecule has 2 aromatic carbocycles. The number of rotatable bonds is 6. The fraction of sp³-hybridized carbons (Fsp3) is 0.0690. The monoisotopic (exact) mass is 527 g/mol. The van der Waals surface area contributed by atoms with Crippen LogP contribution in [0, 0.1) is 12.7 Å². The molecule has 0 saturated heterocycles. The molecule has 0 amide bonds. The topological polar surface area (TPSA) is 90.6 Å². The summed E-state index contributed by atoms with van der Waals surface area (Å²) in [5.74, 6) is -0.397. The van der Waals surface area contributed by atoms with Crippen molar-refractivity contribution in [3.05, 3.63) is 105 Å². The summed E-state index contributed by atoms with van der Waals surface area (Å²) in [6, 6.07) is 14.8. The lowest BCUT2D eigenvalue weighted by Gasteiger charge is -2.16. The van der Waals surface area contributed by atoms with Crippen molar-refractivity contribution in [2.24, 2.45) is 0 Å². The van der Waals surface area contributed by atoms with Gasteiger partial charge in [0.25, 0.3) is 5.56 Å². The molecule has 0 spiro atoms. The van der Waals surface area contributed by atoms with Crippen molar-refractivity contribution < 1.29 is 18.7 Å². The van der Waals surface area contributed by atoms with E-state index in [0.29, 0.717) is 40.6 Å². The Labute approximate surface area is 221 Å². The maximum atomic E-state index is 14.9. The van der Waals surface area contributed by atoms with Gasteiger partial charge in [-0.25, -0.2) is 14.4 Å². The average Bonchev–Trinajstić information content (AvgIpc) is 2.94. The van der Waals surface area contributed by atoms with Gasteiger partial charge in [0.15, 0.2) is 12.6 Å². The molecular formula is C29H19ClFN3O4. The van der Waals surface area contributed by atoms with E-state index >= 15 is 0 Å². The number of ether oxygens (including phenoxy) is 1. The second-order valence-electron chi connectivity index (χ2n) is 8.49. The highest BCUT2D eigenvalue weighted by molar-refractivity contribution is 6.36. The van der Waals surface area contributed by atoms with Gasteiger partial charge in [0.2, 0.25) is 5.88 Å². The molecule has 5 aromatic rings. The van der Waals surface area contributed by atoms with Crippen LogP contribution in [0.4, 0.5) is 4.39 Å². The van der Waals surface area contributed by atoms with Gasteiger partial charge in [0.05, 0.1) is 29.0 Å². The largest absolute Gasteiger partial charge is 0.480 e. The molecule has 0 fully saturated rings. The van der Waals surface area contributed by atoms with Gasteiger partial charge < -0.3 is 4.74 Å². The summed E-state index contributed by atoms with van der Waals surface area (Å²) in [6.45, 7) is 1.89. The van der Waals surface area contributed by atoms with Gasteiger partial charge in [-0.3, -0.25) is 18.8 Å². The normalized spacial score (nSPS) is 10.9. The molecule has 0 radical (unpaired) electrons. The molecule has 0 atom stereocenters. The summed E-state index contributed by atoms with van der Waals surface area (Å²) in [6.07, 6.45) is 3.91. The third-order valence-corrected chi connectivity index (χ3v) is 6.73. The predicted octanol–water partition coefficient (Wildman–Crippen LogP) is 5.83. The Morgan fingerprint density at radius 2 is 1.68 bits per heavy atom. The molecule has 0 saturated carbocycles. The molecule has 3 heterocycles. The maximum Gasteiger partial charge on any atom is 0.268 e. The zero-order chi connectivity index (χ0) is 27.0. The average molecular weight is 528 g/mol. The van der Waals surface area contributed by atoms with Crippen LogP contribution in [-0.4, -0.2) is 34.1 Å². The second-order valence-corrected chi connectivity index (χ2v) is 8.86. The molecule has 0 bridgehead atoms. The Hall–Kier alpha value is -4.69. The van der Waals surface area contributed by atoms with E-state index < -0.39 is 11.4 Å². The number of aldehydes is 2. The Kier molecular flexibility index (Phi) is 6.57. The smallest absolute Gasteiger partial charge is 0.268 e. The Morgan fingerprint density at radius 1 is 0.947 bits per heavy atom. The predicted molar refractivity (Wildman–Crippen MR) is 143 cm³/mol. The summed E-state index contributed by atoms with van der Waals surface area (Å²) in [7, 11) is 1.40. The van der Waals surface area contributed by atoms with Crippen LogP contribution in [0.5, 0.6) is 5.88 Å². The van der Waals surface area contributed by atoms with E-state index in [-0.39, 0.29) is 22.0 Å². The fourth-order valence-electron chi connectivity index (χ4n) is 4.40. The number of carbonyl (C=O) groups excluding carboxylic acids is 2. The Balaban J connectivity index is 1.65. The van der Waals surface area contributed by atoms with E-state index in [1.54, 1.807) is 24.4 Å². The van der Waals surface area contributed by atoms with E-state index in [9.17, 15) is 18.8 Å². The van der Waals surface area contributed by atoms with Gasteiger partial charge >= 0.3 is 0 Å². The van der Waals surface area contributed by atoms with Crippen LogP contribution < -0.4 is 10.3 Å². The van der Waals surface area contributed by atoms with Crippen molar-refractivity contribution in [2.45, 2.75) is 6.92 Å². The minimum absolute atomic E-state index is 0.0297. The molecule has 0 aliphatic carbocycles. The van der Waals surface area contributed by atoms with E-state index in [0.717, 1.165) is 16.7 Å². The minimum Gasteiger partial charge on any atom is -0.480 e. The summed E-state index contributed by atoms with van der Waals surface area (Å²) >= 11 is 6.82. The van der Waals surface area contributed by atoms with E-state index in [1.807, 2.05) is 25.1 Å². The number of halogens is 2. The van der Waals surface area contributed by atoms with Gasteiger partial charge in [-0.1, -0.05) is 29.8 Å². The first kappa shape index (κ1) is 25.0. The Morgan fingerprint density at radius 3 is 2.42 bits per heavy atom. The molecule has 7 nitrogen and oxygen atoms in total. The third-order valence-electron chi connectivity index (χ3n) is 6.32. The molecular weight excluding hydrogens is 509 g/mol. The number of fused-ring (bicyclic) bond motifs is 1. The number of pyridine rings is 2. The third kappa shape index (κ3) is 4.25. The van der Waals surface area contributed by atoms with Gasteiger partial charge in [-0.05, 0) is 65.6 Å².